The topological polar surface area (TPSA) is 81.2 Å². The van der Waals surface area contributed by atoms with Crippen LogP contribution in [0.5, 0.6) is 0 Å². The Morgan fingerprint density at radius 2 is 1.64 bits per heavy atom. The summed E-state index contributed by atoms with van der Waals surface area (Å²) in [5, 5.41) is 22.6. The zero-order chi connectivity index (χ0) is 22.6. The third-order valence-corrected chi connectivity index (χ3v) is 6.51. The number of aliphatic hydroxyl groups excluding tert-OH is 1. The predicted molar refractivity (Wildman–Crippen MR) is 129 cm³/mol. The van der Waals surface area contributed by atoms with Crippen LogP contribution in [-0.2, 0) is 19.4 Å². The van der Waals surface area contributed by atoms with Gasteiger partial charge in [-0.3, -0.25) is 5.10 Å². The van der Waals surface area contributed by atoms with Crippen LogP contribution < -0.4 is 5.32 Å². The van der Waals surface area contributed by atoms with Crippen molar-refractivity contribution in [2.75, 3.05) is 0 Å². The lowest BCUT2D eigenvalue weighted by Crippen LogP contribution is -2.65. The van der Waals surface area contributed by atoms with Crippen molar-refractivity contribution >= 4 is 16.9 Å². The Hall–Kier alpha value is -3.64. The number of hydrogen-bond acceptors (Lipinski definition) is 3. The first-order valence-electron chi connectivity index (χ1n) is 11.4. The highest BCUT2D eigenvalue weighted by Crippen LogP contribution is 2.25. The minimum atomic E-state index is -0.678. The zero-order valence-corrected chi connectivity index (χ0v) is 18.4. The number of hydrogen-bond donors (Lipinski definition) is 3. The maximum Gasteiger partial charge on any atom is 0.318 e. The molecule has 3 N–H and O–H groups in total. The molecule has 0 aliphatic carbocycles. The van der Waals surface area contributed by atoms with Crippen LogP contribution in [-0.4, -0.2) is 44.4 Å². The van der Waals surface area contributed by atoms with Crippen LogP contribution >= 0.6 is 0 Å². The molecule has 0 saturated carbocycles. The maximum absolute atomic E-state index is 13.3. The maximum atomic E-state index is 13.3. The highest BCUT2D eigenvalue weighted by Gasteiger charge is 2.40. The normalized spacial score (nSPS) is 20.7. The number of aryl methyl sites for hydroxylation is 1. The van der Waals surface area contributed by atoms with E-state index in [2.05, 4.69) is 27.6 Å². The van der Waals surface area contributed by atoms with Crippen LogP contribution in [0.3, 0.4) is 0 Å². The van der Waals surface area contributed by atoms with Gasteiger partial charge < -0.3 is 15.3 Å². The average Bonchev–Trinajstić information content (AvgIpc) is 3.31. The zero-order valence-electron chi connectivity index (χ0n) is 18.4. The molecule has 2 amide bonds. The summed E-state index contributed by atoms with van der Waals surface area (Å²) in [5.41, 5.74) is 4.24. The molecule has 0 radical (unpaired) electrons. The van der Waals surface area contributed by atoms with Gasteiger partial charge >= 0.3 is 6.03 Å². The van der Waals surface area contributed by atoms with E-state index in [9.17, 15) is 9.90 Å². The molecule has 6 heteroatoms. The predicted octanol–water partition coefficient (Wildman–Crippen LogP) is 4.06. The fourth-order valence-electron chi connectivity index (χ4n) is 4.72. The van der Waals surface area contributed by atoms with E-state index in [0.717, 1.165) is 28.5 Å². The number of nitrogens with one attached hydrogen (secondary N) is 2. The minimum Gasteiger partial charge on any atom is -0.389 e. The molecule has 4 aromatic rings. The van der Waals surface area contributed by atoms with Crippen LogP contribution in [0.25, 0.3) is 10.9 Å². The van der Waals surface area contributed by atoms with Gasteiger partial charge in [-0.2, -0.15) is 5.10 Å². The molecule has 1 aliphatic heterocycles. The van der Waals surface area contributed by atoms with Gasteiger partial charge in [0, 0.05) is 11.9 Å². The van der Waals surface area contributed by atoms with Crippen molar-refractivity contribution in [3.8, 4) is 0 Å². The van der Waals surface area contributed by atoms with Crippen molar-refractivity contribution in [2.45, 2.75) is 44.0 Å². The van der Waals surface area contributed by atoms with E-state index in [1.807, 2.05) is 66.7 Å². The summed E-state index contributed by atoms with van der Waals surface area (Å²) in [6, 6.07) is 25.5. The van der Waals surface area contributed by atoms with Crippen molar-refractivity contribution in [3.63, 3.8) is 0 Å². The molecule has 0 bridgehead atoms. The van der Waals surface area contributed by atoms with Crippen molar-refractivity contribution in [2.24, 2.45) is 0 Å². The van der Waals surface area contributed by atoms with E-state index in [1.54, 1.807) is 11.1 Å². The molecular formula is C27H28N4O2. The number of amides is 2. The second-order valence-electron chi connectivity index (χ2n) is 8.75. The van der Waals surface area contributed by atoms with Gasteiger partial charge in [-0.1, -0.05) is 72.8 Å². The molecule has 1 saturated heterocycles. The molecule has 3 unspecified atom stereocenters. The summed E-state index contributed by atoms with van der Waals surface area (Å²) >= 11 is 0. The van der Waals surface area contributed by atoms with E-state index in [1.165, 1.54) is 5.56 Å². The van der Waals surface area contributed by atoms with Crippen LogP contribution in [0, 0.1) is 0 Å². The lowest BCUT2D eigenvalue weighted by atomic mass is 9.89. The summed E-state index contributed by atoms with van der Waals surface area (Å²) < 4.78 is 0. The van der Waals surface area contributed by atoms with Gasteiger partial charge in [0.2, 0.25) is 0 Å². The van der Waals surface area contributed by atoms with Crippen molar-refractivity contribution < 1.29 is 9.90 Å². The summed E-state index contributed by atoms with van der Waals surface area (Å²) in [7, 11) is 0. The van der Waals surface area contributed by atoms with Crippen molar-refractivity contribution in [1.29, 1.82) is 0 Å². The first-order valence-corrected chi connectivity index (χ1v) is 11.4. The summed E-state index contributed by atoms with van der Waals surface area (Å²) in [6.07, 6.45) is 3.19. The van der Waals surface area contributed by atoms with Crippen molar-refractivity contribution in [3.05, 3.63) is 102 Å². The van der Waals surface area contributed by atoms with E-state index in [0.29, 0.717) is 19.4 Å². The second kappa shape index (κ2) is 9.46. The van der Waals surface area contributed by atoms with Gasteiger partial charge in [-0.15, -0.1) is 0 Å². The van der Waals surface area contributed by atoms with Gasteiger partial charge in [-0.05, 0) is 42.0 Å². The molecule has 5 rings (SSSR count). The summed E-state index contributed by atoms with van der Waals surface area (Å²) in [5.74, 6) is 0. The third-order valence-electron chi connectivity index (χ3n) is 6.51. The number of aromatic amines is 1. The number of urea groups is 1. The van der Waals surface area contributed by atoms with Gasteiger partial charge in [0.1, 0.15) is 0 Å². The number of rotatable bonds is 7. The lowest BCUT2D eigenvalue weighted by Gasteiger charge is -2.44. The minimum absolute atomic E-state index is 0.135. The molecule has 0 spiro atoms. The van der Waals surface area contributed by atoms with Gasteiger partial charge in [-0.25, -0.2) is 4.79 Å². The Labute approximate surface area is 193 Å². The smallest absolute Gasteiger partial charge is 0.318 e. The van der Waals surface area contributed by atoms with Crippen LogP contribution in [0.1, 0.15) is 23.1 Å². The summed E-state index contributed by atoms with van der Waals surface area (Å²) in [6.45, 7) is 0.426. The number of aliphatic hydroxyl groups is 1. The number of fused-ring (bicyclic) bond motifs is 1. The SMILES string of the molecule is O=C1NC(Cc2ccccc2)C(O)C(CCc2ccccc2)N1Cc1ccc2cn[nH]c2c1. The fraction of sp³-hybridized carbons (Fsp3) is 0.259. The number of benzene rings is 3. The monoisotopic (exact) mass is 440 g/mol. The van der Waals surface area contributed by atoms with Gasteiger partial charge in [0.05, 0.1) is 29.9 Å². The molecule has 1 aliphatic rings. The van der Waals surface area contributed by atoms with Gasteiger partial charge in [0.25, 0.3) is 0 Å². The fourth-order valence-corrected chi connectivity index (χ4v) is 4.72. The van der Waals surface area contributed by atoms with Crippen LogP contribution in [0.2, 0.25) is 0 Å². The lowest BCUT2D eigenvalue weighted by molar-refractivity contribution is 0.00870. The quantitative estimate of drug-likeness (QED) is 0.405. The third kappa shape index (κ3) is 4.76. The van der Waals surface area contributed by atoms with E-state index >= 15 is 0 Å². The Kier molecular flexibility index (Phi) is 6.09. The largest absolute Gasteiger partial charge is 0.389 e. The standard InChI is InChI=1S/C27H28N4O2/c32-26-24(15-20-9-5-2-6-10-20)29-27(33)31(25(26)14-12-19-7-3-1-4-8-19)18-21-11-13-22-17-28-30-23(22)16-21/h1-11,13,16-17,24-26,32H,12,14-15,18H2,(H,28,30)(H,29,33). The highest BCUT2D eigenvalue weighted by atomic mass is 16.3. The number of aromatic nitrogens is 2. The van der Waals surface area contributed by atoms with Crippen LogP contribution in [0.4, 0.5) is 4.79 Å². The average molecular weight is 441 g/mol. The molecule has 2 heterocycles. The number of nitrogens with zero attached hydrogens (tertiary/aromatic N) is 2. The molecule has 1 fully saturated rings. The highest BCUT2D eigenvalue weighted by molar-refractivity contribution is 5.79. The molecular weight excluding hydrogens is 412 g/mol. The Balaban J connectivity index is 1.39. The molecule has 33 heavy (non-hydrogen) atoms. The Bertz CT molecular complexity index is 1210. The van der Waals surface area contributed by atoms with E-state index in [4.69, 9.17) is 0 Å². The Morgan fingerprint density at radius 3 is 2.39 bits per heavy atom. The van der Waals surface area contributed by atoms with Gasteiger partial charge in [0.15, 0.2) is 0 Å². The first kappa shape index (κ1) is 21.2. The number of carbonyl (C=O) groups is 1. The molecule has 3 atom stereocenters. The molecule has 168 valence electrons. The first-order chi connectivity index (χ1) is 16.2. The second-order valence-corrected chi connectivity index (χ2v) is 8.75. The van der Waals surface area contributed by atoms with Crippen LogP contribution in [0.15, 0.2) is 85.1 Å². The van der Waals surface area contributed by atoms with Crippen molar-refractivity contribution in [1.82, 2.24) is 20.4 Å². The molecule has 3 aromatic carbocycles. The Morgan fingerprint density at radius 1 is 0.909 bits per heavy atom. The van der Waals surface area contributed by atoms with E-state index in [-0.39, 0.29) is 18.1 Å². The summed E-state index contributed by atoms with van der Waals surface area (Å²) in [4.78, 5) is 15.0. The number of carbonyl (C=O) groups excluding carboxylic acids is 1. The van der Waals surface area contributed by atoms with E-state index < -0.39 is 6.10 Å². The molecule has 1 aromatic heterocycles. The molecule has 6 nitrogen and oxygen atoms in total. The number of H-pyrrole nitrogens is 1.